The topological polar surface area (TPSA) is 141 Å². The van der Waals surface area contributed by atoms with Crippen LogP contribution in [-0.4, -0.2) is 26.6 Å². The van der Waals surface area contributed by atoms with Gasteiger partial charge in [-0.15, -0.1) is 0 Å². The van der Waals surface area contributed by atoms with E-state index in [4.69, 9.17) is 0 Å². The Balaban J connectivity index is 2.52. The molecule has 0 spiro atoms. The second-order valence-electron chi connectivity index (χ2n) is 5.65. The van der Waals surface area contributed by atoms with Crippen molar-refractivity contribution < 1.29 is 27.9 Å². The Kier molecular flexibility index (Phi) is 4.89. The zero-order chi connectivity index (χ0) is 20.6. The number of rotatable bonds is 5. The van der Waals surface area contributed by atoms with Gasteiger partial charge >= 0.3 is 11.8 Å². The summed E-state index contributed by atoms with van der Waals surface area (Å²) in [6.45, 7) is 1.48. The molecule has 0 unspecified atom stereocenters. The summed E-state index contributed by atoms with van der Waals surface area (Å²) in [5, 5.41) is 35.3. The number of non-ortho nitro benzene ring substituents is 1. The zero-order valence-electron chi connectivity index (χ0n) is 13.5. The average molecular weight is 388 g/mol. The van der Waals surface area contributed by atoms with E-state index in [1.165, 1.54) is 13.0 Å². The molecule has 0 heterocycles. The van der Waals surface area contributed by atoms with Gasteiger partial charge < -0.3 is 5.32 Å². The van der Waals surface area contributed by atoms with E-state index in [2.05, 4.69) is 5.32 Å². The van der Waals surface area contributed by atoms with Crippen LogP contribution in [0.1, 0.15) is 12.0 Å². The maximum atomic E-state index is 13.4. The van der Waals surface area contributed by atoms with Crippen molar-refractivity contribution in [3.63, 3.8) is 0 Å². The number of hydrogen-bond acceptors (Lipinski definition) is 7. The molecule has 0 bridgehead atoms. The number of nitro benzene ring substituents is 1. The fraction of sp³-hybridized carbons (Fsp3) is 0.286. The Labute approximate surface area is 148 Å². The number of nitrogens with one attached hydrogen (secondary N) is 1. The molecule has 1 N–H and O–H groups in total. The molecule has 1 aromatic rings. The van der Waals surface area contributed by atoms with Crippen molar-refractivity contribution in [2.24, 2.45) is 0 Å². The van der Waals surface area contributed by atoms with Crippen LogP contribution in [0.4, 0.5) is 24.5 Å². The average Bonchev–Trinajstić information content (AvgIpc) is 2.55. The number of allylic oxidation sites excluding steroid dienone is 1. The normalized spacial score (nSPS) is 16.1. The fourth-order valence-corrected chi connectivity index (χ4v) is 2.41. The van der Waals surface area contributed by atoms with E-state index in [9.17, 15) is 43.5 Å². The summed E-state index contributed by atoms with van der Waals surface area (Å²) in [6.07, 6.45) is -5.43. The van der Waals surface area contributed by atoms with Crippen molar-refractivity contribution in [1.29, 1.82) is 0 Å². The lowest BCUT2D eigenvalue weighted by Gasteiger charge is -2.24. The van der Waals surface area contributed by atoms with Crippen LogP contribution in [0.3, 0.4) is 0 Å². The molecule has 0 aliphatic heterocycles. The van der Waals surface area contributed by atoms with Gasteiger partial charge in [0.15, 0.2) is 0 Å². The van der Waals surface area contributed by atoms with E-state index in [1.54, 1.807) is 0 Å². The summed E-state index contributed by atoms with van der Waals surface area (Å²) >= 11 is 0. The van der Waals surface area contributed by atoms with Gasteiger partial charge in [0, 0.05) is 23.5 Å². The van der Waals surface area contributed by atoms with Crippen LogP contribution < -0.4 is 5.32 Å². The van der Waals surface area contributed by atoms with Gasteiger partial charge in [-0.25, -0.2) is 0 Å². The first kappa shape index (κ1) is 19.8. The minimum atomic E-state index is -5.13. The van der Waals surface area contributed by atoms with Crippen LogP contribution in [0.25, 0.3) is 0 Å². The molecule has 1 aliphatic carbocycles. The number of nitro groups is 3. The Morgan fingerprint density at radius 2 is 1.70 bits per heavy atom. The standard InChI is InChI=1S/C14H11F3N4O6/c1-8-2-3-9(19(22)23)6-12(8)18-11-4-5-13(20(24)25,21(26)27)7-10(11)14(15,16)17/h2-4,6-7,18H,5H2,1H3. The van der Waals surface area contributed by atoms with Crippen LogP contribution in [0, 0.1) is 37.3 Å². The summed E-state index contributed by atoms with van der Waals surface area (Å²) in [6, 6.07) is 3.45. The highest BCUT2D eigenvalue weighted by atomic mass is 19.4. The van der Waals surface area contributed by atoms with Gasteiger partial charge in [0.05, 0.1) is 16.6 Å². The third kappa shape index (κ3) is 3.70. The highest BCUT2D eigenvalue weighted by molar-refractivity contribution is 5.63. The molecule has 1 aromatic carbocycles. The number of alkyl halides is 3. The Morgan fingerprint density at radius 3 is 2.19 bits per heavy atom. The Morgan fingerprint density at radius 1 is 1.11 bits per heavy atom. The summed E-state index contributed by atoms with van der Waals surface area (Å²) in [4.78, 5) is 29.4. The van der Waals surface area contributed by atoms with Crippen LogP contribution in [-0.2, 0) is 0 Å². The van der Waals surface area contributed by atoms with E-state index in [1.807, 2.05) is 0 Å². The quantitative estimate of drug-likeness (QED) is 0.463. The third-order valence-corrected chi connectivity index (χ3v) is 3.91. The molecule has 1 aliphatic rings. The van der Waals surface area contributed by atoms with E-state index >= 15 is 0 Å². The minimum absolute atomic E-state index is 0.0414. The molecule has 0 fully saturated rings. The largest absolute Gasteiger partial charge is 0.482 e. The van der Waals surface area contributed by atoms with Gasteiger partial charge in [-0.3, -0.25) is 30.3 Å². The van der Waals surface area contributed by atoms with Crippen molar-refractivity contribution in [3.8, 4) is 0 Å². The lowest BCUT2D eigenvalue weighted by Crippen LogP contribution is -2.46. The predicted octanol–water partition coefficient (Wildman–Crippen LogP) is 3.34. The molecule has 144 valence electrons. The van der Waals surface area contributed by atoms with Crippen molar-refractivity contribution in [2.45, 2.75) is 25.2 Å². The minimum Gasteiger partial charge on any atom is -0.355 e. The molecule has 13 heteroatoms. The second-order valence-corrected chi connectivity index (χ2v) is 5.65. The molecular formula is C14H11F3N4O6. The molecule has 0 saturated heterocycles. The van der Waals surface area contributed by atoms with E-state index in [-0.39, 0.29) is 17.5 Å². The van der Waals surface area contributed by atoms with Gasteiger partial charge in [0.1, 0.15) is 16.3 Å². The molecule has 10 nitrogen and oxygen atoms in total. The molecule has 2 rings (SSSR count). The Bertz CT molecular complexity index is 879. The molecule has 0 amide bonds. The number of halogens is 3. The van der Waals surface area contributed by atoms with Crippen molar-refractivity contribution in [2.75, 3.05) is 5.32 Å². The predicted molar refractivity (Wildman–Crippen MR) is 85.0 cm³/mol. The number of aryl methyl sites for hydroxylation is 1. The smallest absolute Gasteiger partial charge is 0.355 e. The number of hydrogen-bond donors (Lipinski definition) is 1. The summed E-state index contributed by atoms with van der Waals surface area (Å²) < 4.78 is 40.1. The highest BCUT2D eigenvalue weighted by Crippen LogP contribution is 2.39. The maximum Gasteiger partial charge on any atom is 0.482 e. The fourth-order valence-electron chi connectivity index (χ4n) is 2.41. The molecule has 0 atom stereocenters. The summed E-state index contributed by atoms with van der Waals surface area (Å²) in [5.74, 6) is 0. The van der Waals surface area contributed by atoms with Crippen LogP contribution >= 0.6 is 0 Å². The van der Waals surface area contributed by atoms with Gasteiger partial charge in [0.2, 0.25) is 0 Å². The highest BCUT2D eigenvalue weighted by Gasteiger charge is 2.58. The van der Waals surface area contributed by atoms with E-state index < -0.39 is 44.3 Å². The van der Waals surface area contributed by atoms with Crippen LogP contribution in [0.2, 0.25) is 0 Å². The van der Waals surface area contributed by atoms with Gasteiger partial charge in [-0.05, 0) is 18.6 Å². The van der Waals surface area contributed by atoms with Crippen molar-refractivity contribution in [1.82, 2.24) is 0 Å². The first-order chi connectivity index (χ1) is 12.4. The number of benzene rings is 1. The van der Waals surface area contributed by atoms with E-state index in [0.29, 0.717) is 11.6 Å². The van der Waals surface area contributed by atoms with Gasteiger partial charge in [-0.1, -0.05) is 6.07 Å². The Hall–Kier alpha value is -3.51. The third-order valence-electron chi connectivity index (χ3n) is 3.91. The molecule has 0 saturated carbocycles. The van der Waals surface area contributed by atoms with E-state index in [0.717, 1.165) is 12.1 Å². The number of nitrogens with zero attached hydrogens (tertiary/aromatic N) is 3. The van der Waals surface area contributed by atoms with Crippen molar-refractivity contribution >= 4 is 11.4 Å². The first-order valence-corrected chi connectivity index (χ1v) is 7.20. The summed E-state index contributed by atoms with van der Waals surface area (Å²) in [7, 11) is 0. The zero-order valence-corrected chi connectivity index (χ0v) is 13.5. The molecule has 27 heavy (non-hydrogen) atoms. The lowest BCUT2D eigenvalue weighted by atomic mass is 9.93. The SMILES string of the molecule is Cc1ccc([N+](=O)[O-])cc1NC1=CCC([N+](=O)[O-])([N+](=O)[O-])C=C1C(F)(F)F. The maximum absolute atomic E-state index is 13.4. The second kappa shape index (κ2) is 6.66. The lowest BCUT2D eigenvalue weighted by molar-refractivity contribution is -0.780. The molecule has 0 radical (unpaired) electrons. The number of anilines is 1. The molecule has 0 aromatic heterocycles. The monoisotopic (exact) mass is 388 g/mol. The van der Waals surface area contributed by atoms with Gasteiger partial charge in [-0.2, -0.15) is 13.2 Å². The first-order valence-electron chi connectivity index (χ1n) is 7.20. The van der Waals surface area contributed by atoms with Gasteiger partial charge in [0.25, 0.3) is 5.69 Å². The summed E-state index contributed by atoms with van der Waals surface area (Å²) in [5.41, 5.74) is -5.47. The van der Waals surface area contributed by atoms with Crippen LogP contribution in [0.15, 0.2) is 41.6 Å². The van der Waals surface area contributed by atoms with Crippen LogP contribution in [0.5, 0.6) is 0 Å². The molecular weight excluding hydrogens is 377 g/mol. The van der Waals surface area contributed by atoms with Crippen molar-refractivity contribution in [3.05, 3.63) is 77.5 Å².